The molecule has 0 saturated carbocycles. The topological polar surface area (TPSA) is 96.4 Å². The van der Waals surface area contributed by atoms with Gasteiger partial charge >= 0.3 is 0 Å². The summed E-state index contributed by atoms with van der Waals surface area (Å²) >= 11 is 1.20. The fourth-order valence-electron chi connectivity index (χ4n) is 3.42. The van der Waals surface area contributed by atoms with Gasteiger partial charge in [-0.3, -0.25) is 14.2 Å². The van der Waals surface area contributed by atoms with Gasteiger partial charge in [0.15, 0.2) is 16.7 Å². The maximum atomic E-state index is 13.3. The van der Waals surface area contributed by atoms with Gasteiger partial charge in [0.2, 0.25) is 5.91 Å². The Labute approximate surface area is 174 Å². The number of benzene rings is 1. The number of primary amides is 1. The van der Waals surface area contributed by atoms with Crippen molar-refractivity contribution in [1.82, 2.24) is 9.55 Å². The lowest BCUT2D eigenvalue weighted by atomic mass is 9.97. The molecule has 0 fully saturated rings. The Morgan fingerprint density at radius 3 is 2.62 bits per heavy atom. The number of nitrogens with zero attached hydrogens (tertiary/aromatic N) is 2. The Morgan fingerprint density at radius 1 is 1.28 bits per heavy atom. The fourth-order valence-corrected chi connectivity index (χ4v) is 4.30. The van der Waals surface area contributed by atoms with Gasteiger partial charge in [0.25, 0.3) is 5.56 Å². The van der Waals surface area contributed by atoms with Crippen molar-refractivity contribution in [2.24, 2.45) is 5.73 Å². The third kappa shape index (κ3) is 4.75. The van der Waals surface area contributed by atoms with Crippen LogP contribution in [0.15, 0.2) is 33.7 Å². The minimum Gasteiger partial charge on any atom is -0.493 e. The predicted octanol–water partition coefficient (Wildman–Crippen LogP) is 3.27. The number of ether oxygens (including phenoxy) is 2. The van der Waals surface area contributed by atoms with E-state index in [0.717, 1.165) is 19.3 Å². The predicted molar refractivity (Wildman–Crippen MR) is 115 cm³/mol. The van der Waals surface area contributed by atoms with Crippen molar-refractivity contribution in [2.45, 2.75) is 56.0 Å². The highest BCUT2D eigenvalue weighted by atomic mass is 32.2. The molecular formula is C21H27N3O4S. The summed E-state index contributed by atoms with van der Waals surface area (Å²) < 4.78 is 12.3. The molecule has 1 aliphatic carbocycles. The van der Waals surface area contributed by atoms with Gasteiger partial charge in [0.1, 0.15) is 0 Å². The second-order valence-electron chi connectivity index (χ2n) is 7.10. The van der Waals surface area contributed by atoms with Gasteiger partial charge in [0, 0.05) is 12.6 Å². The molecule has 8 heteroatoms. The van der Waals surface area contributed by atoms with E-state index >= 15 is 0 Å². The van der Waals surface area contributed by atoms with Crippen molar-refractivity contribution in [3.63, 3.8) is 0 Å². The zero-order chi connectivity index (χ0) is 21.0. The van der Waals surface area contributed by atoms with E-state index in [4.69, 9.17) is 15.2 Å². The number of nitrogens with two attached hydrogens (primary N) is 1. The normalized spacial score (nSPS) is 15.1. The van der Waals surface area contributed by atoms with Crippen LogP contribution in [0, 0.1) is 0 Å². The van der Waals surface area contributed by atoms with Crippen LogP contribution < -0.4 is 20.8 Å². The zero-order valence-corrected chi connectivity index (χ0v) is 17.9. The third-order valence-corrected chi connectivity index (χ3v) is 6.26. The van der Waals surface area contributed by atoms with E-state index in [-0.39, 0.29) is 5.56 Å². The summed E-state index contributed by atoms with van der Waals surface area (Å²) in [6.45, 7) is 2.22. The number of fused-ring (bicyclic) bond motifs is 1. The van der Waals surface area contributed by atoms with Crippen LogP contribution in [0.3, 0.4) is 0 Å². The molecule has 7 nitrogen and oxygen atoms in total. The molecule has 156 valence electrons. The number of aromatic nitrogens is 2. The molecule has 1 aromatic carbocycles. The van der Waals surface area contributed by atoms with Crippen LogP contribution in [-0.2, 0) is 11.3 Å². The van der Waals surface area contributed by atoms with E-state index in [0.29, 0.717) is 34.1 Å². The Kier molecular flexibility index (Phi) is 6.84. The minimum atomic E-state index is -0.500. The van der Waals surface area contributed by atoms with E-state index in [1.54, 1.807) is 23.6 Å². The summed E-state index contributed by atoms with van der Waals surface area (Å²) in [6, 6.07) is 3.34. The molecule has 1 aliphatic rings. The average molecular weight is 418 g/mol. The number of allylic oxidation sites excluding steroid dienone is 2. The first-order valence-corrected chi connectivity index (χ1v) is 10.6. The minimum absolute atomic E-state index is 0.161. The number of rotatable bonds is 8. The summed E-state index contributed by atoms with van der Waals surface area (Å²) in [5.41, 5.74) is 7.15. The van der Waals surface area contributed by atoms with Crippen molar-refractivity contribution in [1.29, 1.82) is 0 Å². The molecule has 0 unspecified atom stereocenters. The number of carbonyl (C=O) groups is 1. The SMILES string of the molecule is COc1cc2nc(S[C@@H](C)C(N)=O)n(CCC3=CCCCC3)c(=O)c2cc1OC. The molecule has 3 rings (SSSR count). The molecule has 0 radical (unpaired) electrons. The number of methoxy groups -OCH3 is 2. The van der Waals surface area contributed by atoms with E-state index < -0.39 is 11.2 Å². The Morgan fingerprint density at radius 2 is 2.00 bits per heavy atom. The van der Waals surface area contributed by atoms with Crippen LogP contribution >= 0.6 is 11.8 Å². The zero-order valence-electron chi connectivity index (χ0n) is 17.1. The Bertz CT molecular complexity index is 1000. The van der Waals surface area contributed by atoms with E-state index in [1.807, 2.05) is 0 Å². The highest BCUT2D eigenvalue weighted by Crippen LogP contribution is 2.32. The monoisotopic (exact) mass is 417 g/mol. The highest BCUT2D eigenvalue weighted by Gasteiger charge is 2.19. The lowest BCUT2D eigenvalue weighted by Crippen LogP contribution is -2.27. The lowest BCUT2D eigenvalue weighted by Gasteiger charge is -2.18. The van der Waals surface area contributed by atoms with Crippen molar-refractivity contribution in [2.75, 3.05) is 14.2 Å². The molecule has 2 N–H and O–H groups in total. The van der Waals surface area contributed by atoms with E-state index in [2.05, 4.69) is 11.1 Å². The van der Waals surface area contributed by atoms with Crippen molar-refractivity contribution in [3.05, 3.63) is 34.1 Å². The maximum absolute atomic E-state index is 13.3. The first-order valence-electron chi connectivity index (χ1n) is 9.75. The van der Waals surface area contributed by atoms with Gasteiger partial charge in [-0.15, -0.1) is 0 Å². The maximum Gasteiger partial charge on any atom is 0.262 e. The Hall–Kier alpha value is -2.48. The van der Waals surface area contributed by atoms with Gasteiger partial charge in [-0.25, -0.2) is 4.98 Å². The van der Waals surface area contributed by atoms with Crippen molar-refractivity contribution in [3.8, 4) is 11.5 Å². The molecule has 0 aliphatic heterocycles. The summed E-state index contributed by atoms with van der Waals surface area (Å²) in [5.74, 6) is 0.528. The standard InChI is InChI=1S/C21H27N3O4S/c1-13(19(22)25)29-21-23-16-12-18(28-3)17(27-2)11-15(16)20(26)24(21)10-9-14-7-5-4-6-8-14/h7,11-13H,4-6,8-10H2,1-3H3,(H2,22,25)/t13-/m0/s1. The van der Waals surface area contributed by atoms with Crippen LogP contribution in [0.5, 0.6) is 11.5 Å². The second-order valence-corrected chi connectivity index (χ2v) is 8.40. The largest absolute Gasteiger partial charge is 0.493 e. The van der Waals surface area contributed by atoms with Gasteiger partial charge in [0.05, 0.1) is 30.4 Å². The molecule has 29 heavy (non-hydrogen) atoms. The number of carbonyl (C=O) groups excluding carboxylic acids is 1. The molecule has 1 heterocycles. The first kappa shape index (κ1) is 21.2. The van der Waals surface area contributed by atoms with Crippen LogP contribution in [-0.4, -0.2) is 34.9 Å². The van der Waals surface area contributed by atoms with Crippen molar-refractivity contribution < 1.29 is 14.3 Å². The number of amides is 1. The summed E-state index contributed by atoms with van der Waals surface area (Å²) in [4.78, 5) is 29.6. The molecule has 1 aromatic heterocycles. The van der Waals surface area contributed by atoms with Gasteiger partial charge in [-0.1, -0.05) is 23.4 Å². The number of hydrogen-bond donors (Lipinski definition) is 1. The highest BCUT2D eigenvalue weighted by molar-refractivity contribution is 8.00. The molecule has 2 aromatic rings. The van der Waals surface area contributed by atoms with Crippen LogP contribution in [0.25, 0.3) is 10.9 Å². The summed E-state index contributed by atoms with van der Waals surface area (Å²) in [7, 11) is 3.07. The lowest BCUT2D eigenvalue weighted by molar-refractivity contribution is -0.117. The van der Waals surface area contributed by atoms with Crippen LogP contribution in [0.4, 0.5) is 0 Å². The number of hydrogen-bond acceptors (Lipinski definition) is 6. The third-order valence-electron chi connectivity index (χ3n) is 5.15. The molecule has 0 bridgehead atoms. The Balaban J connectivity index is 2.08. The fraction of sp³-hybridized carbons (Fsp3) is 0.476. The average Bonchev–Trinajstić information content (AvgIpc) is 2.73. The molecule has 0 spiro atoms. The van der Waals surface area contributed by atoms with Crippen LogP contribution in [0.1, 0.15) is 39.0 Å². The van der Waals surface area contributed by atoms with Gasteiger partial charge < -0.3 is 15.2 Å². The molecule has 1 atom stereocenters. The smallest absolute Gasteiger partial charge is 0.262 e. The number of thioether (sulfide) groups is 1. The molecular weight excluding hydrogens is 390 g/mol. The first-order chi connectivity index (χ1) is 13.9. The summed E-state index contributed by atoms with van der Waals surface area (Å²) in [6.07, 6.45) is 7.64. The second kappa shape index (κ2) is 9.35. The van der Waals surface area contributed by atoms with Crippen molar-refractivity contribution >= 4 is 28.6 Å². The van der Waals surface area contributed by atoms with Gasteiger partial charge in [-0.2, -0.15) is 0 Å². The van der Waals surface area contributed by atoms with E-state index in [9.17, 15) is 9.59 Å². The molecule has 0 saturated heterocycles. The quantitative estimate of drug-likeness (QED) is 0.402. The molecule has 1 amide bonds. The van der Waals surface area contributed by atoms with E-state index in [1.165, 1.54) is 44.4 Å². The van der Waals surface area contributed by atoms with Gasteiger partial charge in [-0.05, 0) is 45.1 Å². The van der Waals surface area contributed by atoms with Crippen LogP contribution in [0.2, 0.25) is 0 Å². The summed E-state index contributed by atoms with van der Waals surface area (Å²) in [5, 5.41) is 0.438.